The van der Waals surface area contributed by atoms with Crippen LogP contribution < -0.4 is 20.4 Å². The summed E-state index contributed by atoms with van der Waals surface area (Å²) in [6, 6.07) is 3.74. The van der Waals surface area contributed by atoms with E-state index in [1.165, 1.54) is 36.8 Å². The number of β-amino-alcohol motifs (C(OH)–C–C–N with tert-alkyl or cyclic N) is 1. The van der Waals surface area contributed by atoms with E-state index in [0.29, 0.717) is 47.1 Å². The average Bonchev–Trinajstić information content (AvgIpc) is 3.56. The second-order valence-electron chi connectivity index (χ2n) is 8.44. The number of methoxy groups -OCH3 is 1. The van der Waals surface area contributed by atoms with Gasteiger partial charge >= 0.3 is 0 Å². The van der Waals surface area contributed by atoms with Crippen LogP contribution in [0, 0.1) is 0 Å². The summed E-state index contributed by atoms with van der Waals surface area (Å²) in [7, 11) is 1.56. The first-order chi connectivity index (χ1) is 16.6. The maximum atomic E-state index is 12.6. The number of likely N-dealkylation sites (tertiary alicyclic amines) is 1. The number of benzene rings is 1. The molecule has 34 heavy (non-hydrogen) atoms. The van der Waals surface area contributed by atoms with Gasteiger partial charge in [0.15, 0.2) is 11.5 Å². The smallest absolute Gasteiger partial charge is 0.291 e. The number of nitrogens with one attached hydrogen (secondary N) is 1. The highest BCUT2D eigenvalue weighted by molar-refractivity contribution is 7.11. The van der Waals surface area contributed by atoms with Crippen molar-refractivity contribution in [3.05, 3.63) is 34.3 Å². The predicted molar refractivity (Wildman–Crippen MR) is 129 cm³/mol. The Kier molecular flexibility index (Phi) is 6.75. The number of fused-ring (bicyclic) bond motifs is 3. The largest absolute Gasteiger partial charge is 0.491 e. The van der Waals surface area contributed by atoms with Gasteiger partial charge in [-0.2, -0.15) is 4.99 Å². The number of anilines is 1. The number of amides is 1. The number of hydrogen-bond acceptors (Lipinski definition) is 9. The number of hydrogen-bond donors (Lipinski definition) is 2. The molecule has 0 unspecified atom stereocenters. The topological polar surface area (TPSA) is 114 Å². The summed E-state index contributed by atoms with van der Waals surface area (Å²) in [6.45, 7) is 4.13. The third kappa shape index (κ3) is 4.63. The molecule has 180 valence electrons. The standard InChI is InChI=1S/C23H28N6O4S/c1-32-20-17(33-13-15(30)12-28-8-3-2-4-9-28)6-5-16-19(20)26-23(29-10-7-25-21(16)29)27-22(31)18-11-24-14-34-18/h5-6,11,14-15,25,30H,2-4,7-10,12-13H2,1H3/t15-/m1/s1. The second kappa shape index (κ2) is 10.1. The van der Waals surface area contributed by atoms with Gasteiger partial charge in [0, 0.05) is 25.0 Å². The van der Waals surface area contributed by atoms with Crippen molar-refractivity contribution in [3.8, 4) is 11.5 Å². The van der Waals surface area contributed by atoms with Crippen molar-refractivity contribution < 1.29 is 19.4 Å². The molecule has 2 N–H and O–H groups in total. The molecule has 2 aliphatic heterocycles. The molecule has 11 heteroatoms. The molecule has 0 spiro atoms. The minimum absolute atomic E-state index is 0.150. The van der Waals surface area contributed by atoms with Crippen molar-refractivity contribution in [2.24, 2.45) is 4.99 Å². The van der Waals surface area contributed by atoms with Crippen LogP contribution in [0.15, 0.2) is 28.8 Å². The Bertz CT molecular complexity index is 1240. The van der Waals surface area contributed by atoms with Crippen LogP contribution in [-0.2, 0) is 6.54 Å². The van der Waals surface area contributed by atoms with E-state index in [9.17, 15) is 9.90 Å². The molecule has 0 radical (unpaired) electrons. The normalized spacial score (nSPS) is 17.4. The number of rotatable bonds is 7. The minimum atomic E-state index is -0.605. The van der Waals surface area contributed by atoms with Gasteiger partial charge < -0.3 is 24.8 Å². The molecule has 1 saturated heterocycles. The van der Waals surface area contributed by atoms with E-state index >= 15 is 0 Å². The Morgan fingerprint density at radius 1 is 1.29 bits per heavy atom. The van der Waals surface area contributed by atoms with Gasteiger partial charge in [0.05, 0.1) is 18.8 Å². The van der Waals surface area contributed by atoms with Crippen molar-refractivity contribution in [1.29, 1.82) is 0 Å². The summed E-state index contributed by atoms with van der Waals surface area (Å²) in [4.78, 5) is 28.3. The zero-order chi connectivity index (χ0) is 23.5. The molecule has 1 atom stereocenters. The highest BCUT2D eigenvalue weighted by Gasteiger charge is 2.22. The lowest BCUT2D eigenvalue weighted by Crippen LogP contribution is -2.38. The molecule has 1 aromatic carbocycles. The zero-order valence-corrected chi connectivity index (χ0v) is 19.9. The van der Waals surface area contributed by atoms with E-state index in [0.717, 1.165) is 24.3 Å². The first kappa shape index (κ1) is 22.8. The highest BCUT2D eigenvalue weighted by atomic mass is 32.1. The molecule has 2 aliphatic rings. The van der Waals surface area contributed by atoms with Gasteiger partial charge in [-0.15, -0.1) is 11.3 Å². The first-order valence-electron chi connectivity index (χ1n) is 11.5. The number of carbonyl (C=O) groups is 1. The third-order valence-corrected chi connectivity index (χ3v) is 6.86. The van der Waals surface area contributed by atoms with E-state index in [2.05, 4.69) is 20.2 Å². The molecular weight excluding hydrogens is 456 g/mol. The van der Waals surface area contributed by atoms with Gasteiger partial charge in [-0.05, 0) is 38.1 Å². The Hall–Kier alpha value is -3.02. The lowest BCUT2D eigenvalue weighted by molar-refractivity contribution is 0.0609. The quantitative estimate of drug-likeness (QED) is 0.523. The molecular formula is C23H28N6O4S. The summed E-state index contributed by atoms with van der Waals surface area (Å²) in [5.74, 6) is 1.38. The summed E-state index contributed by atoms with van der Waals surface area (Å²) in [6.07, 6.45) is 4.50. The Labute approximate surface area is 200 Å². The Balaban J connectivity index is 1.45. The molecule has 0 saturated carbocycles. The van der Waals surface area contributed by atoms with Crippen LogP contribution in [0.3, 0.4) is 0 Å². The first-order valence-corrected chi connectivity index (χ1v) is 12.4. The number of piperidine rings is 1. The summed E-state index contributed by atoms with van der Waals surface area (Å²) < 4.78 is 13.5. The maximum absolute atomic E-state index is 12.6. The number of aliphatic hydroxyl groups is 1. The summed E-state index contributed by atoms with van der Waals surface area (Å²) in [5, 5.41) is 14.7. The number of aromatic nitrogens is 3. The maximum Gasteiger partial charge on any atom is 0.291 e. The monoisotopic (exact) mass is 484 g/mol. The van der Waals surface area contributed by atoms with Crippen molar-refractivity contribution in [2.45, 2.75) is 31.9 Å². The predicted octanol–water partition coefficient (Wildman–Crippen LogP) is 1.89. The van der Waals surface area contributed by atoms with Crippen LogP contribution in [0.5, 0.6) is 11.5 Å². The molecule has 0 aliphatic carbocycles. The van der Waals surface area contributed by atoms with Gasteiger partial charge in [-0.25, -0.2) is 4.98 Å². The van der Waals surface area contributed by atoms with Gasteiger partial charge in [-0.1, -0.05) is 6.42 Å². The van der Waals surface area contributed by atoms with Crippen LogP contribution in [-0.4, -0.2) is 76.4 Å². The van der Waals surface area contributed by atoms with Gasteiger partial charge in [0.1, 0.15) is 28.9 Å². The molecule has 2 aromatic heterocycles. The van der Waals surface area contributed by atoms with Crippen molar-refractivity contribution in [3.63, 3.8) is 0 Å². The fourth-order valence-electron chi connectivity index (χ4n) is 4.49. The lowest BCUT2D eigenvalue weighted by atomic mass is 10.1. The van der Waals surface area contributed by atoms with Crippen LogP contribution in [0.25, 0.3) is 10.9 Å². The van der Waals surface area contributed by atoms with Gasteiger partial charge in [0.25, 0.3) is 5.91 Å². The van der Waals surface area contributed by atoms with E-state index in [-0.39, 0.29) is 12.5 Å². The van der Waals surface area contributed by atoms with Crippen LogP contribution in [0.4, 0.5) is 5.82 Å². The SMILES string of the molecule is COc1c(OC[C@H](O)CN2CCCCC2)ccc2c3n(c(=NC(=O)c4cncs4)nc12)CCN3. The van der Waals surface area contributed by atoms with Crippen LogP contribution >= 0.6 is 11.3 Å². The molecule has 1 amide bonds. The van der Waals surface area contributed by atoms with Gasteiger partial charge in [-0.3, -0.25) is 14.3 Å². The van der Waals surface area contributed by atoms with Crippen molar-refractivity contribution >= 4 is 34.0 Å². The summed E-state index contributed by atoms with van der Waals surface area (Å²) in [5.41, 5.74) is 2.44. The lowest BCUT2D eigenvalue weighted by Gasteiger charge is -2.28. The minimum Gasteiger partial charge on any atom is -0.491 e. The van der Waals surface area contributed by atoms with Crippen molar-refractivity contribution in [1.82, 2.24) is 19.4 Å². The van der Waals surface area contributed by atoms with Crippen LogP contribution in [0.1, 0.15) is 28.9 Å². The molecule has 0 bridgehead atoms. The Morgan fingerprint density at radius 2 is 2.15 bits per heavy atom. The van der Waals surface area contributed by atoms with E-state index < -0.39 is 6.10 Å². The summed E-state index contributed by atoms with van der Waals surface area (Å²) >= 11 is 1.24. The van der Waals surface area contributed by atoms with E-state index in [1.54, 1.807) is 12.6 Å². The molecule has 1 fully saturated rings. The number of ether oxygens (including phenoxy) is 2. The molecule has 10 nitrogen and oxygen atoms in total. The van der Waals surface area contributed by atoms with Crippen molar-refractivity contribution in [2.75, 3.05) is 45.2 Å². The molecule has 4 heterocycles. The molecule has 3 aromatic rings. The number of carbonyl (C=O) groups excluding carboxylic acids is 1. The third-order valence-electron chi connectivity index (χ3n) is 6.10. The van der Waals surface area contributed by atoms with E-state index in [1.807, 2.05) is 16.7 Å². The second-order valence-corrected chi connectivity index (χ2v) is 9.33. The Morgan fingerprint density at radius 3 is 2.91 bits per heavy atom. The van der Waals surface area contributed by atoms with E-state index in [4.69, 9.17) is 14.5 Å². The highest BCUT2D eigenvalue weighted by Crippen LogP contribution is 2.37. The zero-order valence-electron chi connectivity index (χ0n) is 19.1. The molecule has 5 rings (SSSR count). The average molecular weight is 485 g/mol. The fraction of sp³-hybridized carbons (Fsp3) is 0.478. The fourth-order valence-corrected chi connectivity index (χ4v) is 4.99. The number of nitrogens with zero attached hydrogens (tertiary/aromatic N) is 5. The van der Waals surface area contributed by atoms with Crippen LogP contribution in [0.2, 0.25) is 0 Å². The van der Waals surface area contributed by atoms with Gasteiger partial charge in [0.2, 0.25) is 5.62 Å². The number of thiazole rings is 1. The number of aliphatic hydroxyl groups excluding tert-OH is 1.